The van der Waals surface area contributed by atoms with E-state index in [1.165, 1.54) is 26.4 Å². The van der Waals surface area contributed by atoms with Gasteiger partial charge in [-0.25, -0.2) is 4.79 Å². The van der Waals surface area contributed by atoms with Crippen LogP contribution in [-0.2, 0) is 9.53 Å². The van der Waals surface area contributed by atoms with Crippen molar-refractivity contribution in [2.45, 2.75) is 0 Å². The number of nitrogens with one attached hydrogen (secondary N) is 1. The van der Waals surface area contributed by atoms with Gasteiger partial charge < -0.3 is 14.8 Å². The standard InChI is InChI=1S/C10H10BrNO4/c1-15-9-4-8(12-5-13)7(11)3-6(9)10(14)16-2/h3-5H,1-2H3,(H,12,13). The van der Waals surface area contributed by atoms with Gasteiger partial charge in [-0.1, -0.05) is 0 Å². The minimum Gasteiger partial charge on any atom is -0.496 e. The highest BCUT2D eigenvalue weighted by Crippen LogP contribution is 2.31. The van der Waals surface area contributed by atoms with Gasteiger partial charge in [-0.05, 0) is 22.0 Å². The van der Waals surface area contributed by atoms with Crippen molar-refractivity contribution in [3.8, 4) is 5.75 Å². The Morgan fingerprint density at radius 2 is 2.12 bits per heavy atom. The highest BCUT2D eigenvalue weighted by molar-refractivity contribution is 9.10. The molecular weight excluding hydrogens is 278 g/mol. The van der Waals surface area contributed by atoms with Gasteiger partial charge in [0.2, 0.25) is 6.41 Å². The van der Waals surface area contributed by atoms with Crippen LogP contribution in [0.3, 0.4) is 0 Å². The van der Waals surface area contributed by atoms with Crippen molar-refractivity contribution in [1.29, 1.82) is 0 Å². The van der Waals surface area contributed by atoms with Crippen LogP contribution in [0.25, 0.3) is 0 Å². The molecule has 1 N–H and O–H groups in total. The third kappa shape index (κ3) is 2.52. The highest BCUT2D eigenvalue weighted by Gasteiger charge is 2.15. The van der Waals surface area contributed by atoms with E-state index in [9.17, 15) is 9.59 Å². The molecule has 0 heterocycles. The second-order valence-corrected chi connectivity index (χ2v) is 3.64. The Morgan fingerprint density at radius 3 is 2.62 bits per heavy atom. The van der Waals surface area contributed by atoms with Crippen molar-refractivity contribution in [3.63, 3.8) is 0 Å². The van der Waals surface area contributed by atoms with E-state index in [-0.39, 0.29) is 5.56 Å². The zero-order valence-electron chi connectivity index (χ0n) is 8.74. The number of ether oxygens (including phenoxy) is 2. The average molecular weight is 288 g/mol. The topological polar surface area (TPSA) is 64.6 Å². The molecule has 0 spiro atoms. The van der Waals surface area contributed by atoms with E-state index in [0.717, 1.165) is 0 Å². The van der Waals surface area contributed by atoms with Gasteiger partial charge >= 0.3 is 5.97 Å². The van der Waals surface area contributed by atoms with E-state index in [1.54, 1.807) is 0 Å². The first-order chi connectivity index (χ1) is 7.63. The fourth-order valence-electron chi connectivity index (χ4n) is 1.17. The van der Waals surface area contributed by atoms with Crippen molar-refractivity contribution in [2.75, 3.05) is 19.5 Å². The lowest BCUT2D eigenvalue weighted by Crippen LogP contribution is -2.05. The Bertz CT molecular complexity index is 420. The lowest BCUT2D eigenvalue weighted by atomic mass is 10.2. The SMILES string of the molecule is COC(=O)c1cc(Br)c(NC=O)cc1OC. The van der Waals surface area contributed by atoms with Crippen LogP contribution in [0.1, 0.15) is 10.4 Å². The summed E-state index contributed by atoms with van der Waals surface area (Å²) in [5, 5.41) is 2.48. The number of benzene rings is 1. The highest BCUT2D eigenvalue weighted by atomic mass is 79.9. The number of anilines is 1. The van der Waals surface area contributed by atoms with Crippen molar-refractivity contribution >= 4 is 34.0 Å². The quantitative estimate of drug-likeness (QED) is 0.678. The van der Waals surface area contributed by atoms with E-state index in [2.05, 4.69) is 26.0 Å². The molecule has 16 heavy (non-hydrogen) atoms. The van der Waals surface area contributed by atoms with Crippen LogP contribution in [0.4, 0.5) is 5.69 Å². The van der Waals surface area contributed by atoms with Crippen molar-refractivity contribution in [1.82, 2.24) is 0 Å². The smallest absolute Gasteiger partial charge is 0.341 e. The fraction of sp³-hybridized carbons (Fsp3) is 0.200. The summed E-state index contributed by atoms with van der Waals surface area (Å²) in [6.07, 6.45) is 0.539. The number of carbonyl (C=O) groups is 2. The molecule has 0 unspecified atom stereocenters. The van der Waals surface area contributed by atoms with Crippen molar-refractivity contribution in [3.05, 3.63) is 22.2 Å². The van der Waals surface area contributed by atoms with Crippen LogP contribution in [0.15, 0.2) is 16.6 Å². The Kier molecular flexibility index (Phi) is 4.30. The lowest BCUT2D eigenvalue weighted by molar-refractivity contribution is -0.105. The predicted molar refractivity (Wildman–Crippen MR) is 61.7 cm³/mol. The summed E-state index contributed by atoms with van der Waals surface area (Å²) in [6, 6.07) is 3.06. The molecule has 0 saturated heterocycles. The van der Waals surface area contributed by atoms with E-state index in [1.807, 2.05) is 0 Å². The number of carbonyl (C=O) groups excluding carboxylic acids is 2. The Hall–Kier alpha value is -1.56. The molecule has 0 aliphatic rings. The van der Waals surface area contributed by atoms with E-state index in [4.69, 9.17) is 4.74 Å². The number of rotatable bonds is 4. The maximum atomic E-state index is 11.4. The molecule has 0 aliphatic carbocycles. The molecule has 0 saturated carbocycles. The molecule has 1 rings (SSSR count). The molecule has 0 fully saturated rings. The van der Waals surface area contributed by atoms with Crippen LogP contribution >= 0.6 is 15.9 Å². The summed E-state index contributed by atoms with van der Waals surface area (Å²) < 4.78 is 10.2. The van der Waals surface area contributed by atoms with Gasteiger partial charge in [0.15, 0.2) is 0 Å². The molecule has 1 amide bonds. The maximum absolute atomic E-state index is 11.4. The van der Waals surface area contributed by atoms with Gasteiger partial charge in [-0.3, -0.25) is 4.79 Å². The third-order valence-electron chi connectivity index (χ3n) is 1.91. The molecule has 0 radical (unpaired) electrons. The number of methoxy groups -OCH3 is 2. The Balaban J connectivity index is 3.25. The van der Waals surface area contributed by atoms with Crippen molar-refractivity contribution < 1.29 is 19.1 Å². The van der Waals surface area contributed by atoms with Crippen LogP contribution in [0.2, 0.25) is 0 Å². The molecule has 1 aromatic carbocycles. The van der Waals surface area contributed by atoms with Crippen LogP contribution in [-0.4, -0.2) is 26.6 Å². The number of hydrogen-bond donors (Lipinski definition) is 1. The normalized spacial score (nSPS) is 9.44. The van der Waals surface area contributed by atoms with Gasteiger partial charge in [0.25, 0.3) is 0 Å². The minimum absolute atomic E-state index is 0.285. The molecule has 1 aromatic rings. The summed E-state index contributed by atoms with van der Waals surface area (Å²) in [5.41, 5.74) is 0.799. The average Bonchev–Trinajstić information content (AvgIpc) is 2.30. The number of amides is 1. The predicted octanol–water partition coefficient (Wildman–Crippen LogP) is 1.81. The second kappa shape index (κ2) is 5.50. The monoisotopic (exact) mass is 287 g/mol. The summed E-state index contributed by atoms with van der Waals surface area (Å²) >= 11 is 3.22. The fourth-order valence-corrected chi connectivity index (χ4v) is 1.62. The largest absolute Gasteiger partial charge is 0.496 e. The number of esters is 1. The summed E-state index contributed by atoms with van der Waals surface area (Å²) in [5.74, 6) is -0.172. The zero-order chi connectivity index (χ0) is 12.1. The van der Waals surface area contributed by atoms with Gasteiger partial charge in [-0.15, -0.1) is 0 Å². The molecule has 0 aromatic heterocycles. The first-order valence-electron chi connectivity index (χ1n) is 4.30. The van der Waals surface area contributed by atoms with Gasteiger partial charge in [0.1, 0.15) is 11.3 Å². The summed E-state index contributed by atoms with van der Waals surface area (Å²) in [4.78, 5) is 21.7. The number of halogens is 1. The molecular formula is C10H10BrNO4. The molecule has 0 aliphatic heterocycles. The van der Waals surface area contributed by atoms with E-state index < -0.39 is 5.97 Å². The molecule has 0 bridgehead atoms. The maximum Gasteiger partial charge on any atom is 0.341 e. The van der Waals surface area contributed by atoms with Crippen LogP contribution in [0.5, 0.6) is 5.75 Å². The van der Waals surface area contributed by atoms with Crippen LogP contribution < -0.4 is 10.1 Å². The van der Waals surface area contributed by atoms with E-state index in [0.29, 0.717) is 22.3 Å². The summed E-state index contributed by atoms with van der Waals surface area (Å²) in [6.45, 7) is 0. The van der Waals surface area contributed by atoms with Gasteiger partial charge in [0, 0.05) is 10.5 Å². The van der Waals surface area contributed by atoms with Gasteiger partial charge in [-0.2, -0.15) is 0 Å². The number of hydrogen-bond acceptors (Lipinski definition) is 4. The molecule has 5 nitrogen and oxygen atoms in total. The third-order valence-corrected chi connectivity index (χ3v) is 2.56. The van der Waals surface area contributed by atoms with E-state index >= 15 is 0 Å². The van der Waals surface area contributed by atoms with Gasteiger partial charge in [0.05, 0.1) is 19.9 Å². The lowest BCUT2D eigenvalue weighted by Gasteiger charge is -2.10. The minimum atomic E-state index is -0.504. The van der Waals surface area contributed by atoms with Crippen molar-refractivity contribution in [2.24, 2.45) is 0 Å². The molecule has 6 heteroatoms. The zero-order valence-corrected chi connectivity index (χ0v) is 10.3. The first-order valence-corrected chi connectivity index (χ1v) is 5.09. The van der Waals surface area contributed by atoms with Crippen LogP contribution in [0, 0.1) is 0 Å². The Labute approximate surface area is 101 Å². The first kappa shape index (κ1) is 12.5. The molecule has 0 atom stereocenters. The Morgan fingerprint density at radius 1 is 1.44 bits per heavy atom. The summed E-state index contributed by atoms with van der Waals surface area (Å²) in [7, 11) is 2.72. The molecule has 86 valence electrons. The second-order valence-electron chi connectivity index (χ2n) is 2.79.